The third kappa shape index (κ3) is 8.11. The molecule has 0 amide bonds. The molecule has 0 aliphatic rings. The van der Waals surface area contributed by atoms with Gasteiger partial charge >= 0.3 is 11.9 Å². The fourth-order valence-corrected chi connectivity index (χ4v) is 2.94. The highest BCUT2D eigenvalue weighted by atomic mass is 16.7. The molecule has 0 saturated carbocycles. The Hall–Kier alpha value is -3.08. The molecule has 0 fully saturated rings. The van der Waals surface area contributed by atoms with E-state index in [0.29, 0.717) is 17.9 Å². The number of ether oxygens (including phenoxy) is 3. The van der Waals surface area contributed by atoms with Gasteiger partial charge in [0.25, 0.3) is 0 Å². The molecule has 160 valence electrons. The highest BCUT2D eigenvalue weighted by Crippen LogP contribution is 2.24. The van der Waals surface area contributed by atoms with Crippen LogP contribution in [-0.4, -0.2) is 18.2 Å². The maximum Gasteiger partial charge on any atom is 0.347 e. The van der Waals surface area contributed by atoms with E-state index >= 15 is 0 Å². The van der Waals surface area contributed by atoms with E-state index < -0.39 is 18.2 Å². The first-order valence-electron chi connectivity index (χ1n) is 10.5. The number of esters is 2. The van der Waals surface area contributed by atoms with E-state index in [9.17, 15) is 9.59 Å². The van der Waals surface area contributed by atoms with Gasteiger partial charge in [-0.1, -0.05) is 75.9 Å². The molecule has 5 nitrogen and oxygen atoms in total. The van der Waals surface area contributed by atoms with Crippen molar-refractivity contribution in [2.45, 2.75) is 58.2 Å². The van der Waals surface area contributed by atoms with Crippen molar-refractivity contribution in [3.8, 4) is 11.5 Å². The van der Waals surface area contributed by atoms with E-state index in [1.54, 1.807) is 48.5 Å². The summed E-state index contributed by atoms with van der Waals surface area (Å²) in [6, 6.07) is 15.6. The summed E-state index contributed by atoms with van der Waals surface area (Å²) >= 11 is 0. The van der Waals surface area contributed by atoms with Crippen molar-refractivity contribution < 1.29 is 23.8 Å². The predicted molar refractivity (Wildman–Crippen MR) is 117 cm³/mol. The monoisotopic (exact) mass is 410 g/mol. The van der Waals surface area contributed by atoms with E-state index in [1.807, 2.05) is 6.07 Å². The zero-order valence-electron chi connectivity index (χ0n) is 17.5. The first-order valence-corrected chi connectivity index (χ1v) is 10.5. The molecule has 1 unspecified atom stereocenters. The maximum atomic E-state index is 12.6. The lowest BCUT2D eigenvalue weighted by Crippen LogP contribution is -2.24. The lowest BCUT2D eigenvalue weighted by molar-refractivity contribution is -0.158. The van der Waals surface area contributed by atoms with Gasteiger partial charge in [-0.25, -0.2) is 9.59 Å². The molecular weight excluding hydrogens is 380 g/mol. The number of unbranched alkanes of at least 4 members (excludes halogenated alkanes) is 5. The Bertz CT molecular complexity index is 800. The second-order valence-electron chi connectivity index (χ2n) is 6.94. The minimum Gasteiger partial charge on any atom is -0.454 e. The average Bonchev–Trinajstić information content (AvgIpc) is 2.77. The number of rotatable bonds is 13. The smallest absolute Gasteiger partial charge is 0.347 e. The summed E-state index contributed by atoms with van der Waals surface area (Å²) in [5.41, 5.74) is 0.268. The summed E-state index contributed by atoms with van der Waals surface area (Å²) in [5, 5.41) is 0. The average molecular weight is 411 g/mol. The standard InChI is InChI=1S/C25H30O5/c1-3-5-6-7-8-12-19-24(30-23(26)4-2)29-22-18-14-13-17-21(22)25(27)28-20-15-10-9-11-16-20/h4,9-11,13-18,24H,2-3,5-8,12,19H2,1H3. The zero-order valence-corrected chi connectivity index (χ0v) is 17.5. The van der Waals surface area contributed by atoms with Gasteiger partial charge in [-0.2, -0.15) is 0 Å². The Labute approximate surface area is 178 Å². The van der Waals surface area contributed by atoms with E-state index in [1.165, 1.54) is 19.3 Å². The highest BCUT2D eigenvalue weighted by molar-refractivity contribution is 5.94. The van der Waals surface area contributed by atoms with Crippen LogP contribution in [-0.2, 0) is 9.53 Å². The summed E-state index contributed by atoms with van der Waals surface area (Å²) in [4.78, 5) is 24.4. The van der Waals surface area contributed by atoms with Gasteiger partial charge < -0.3 is 14.2 Å². The quantitative estimate of drug-likeness (QED) is 0.131. The van der Waals surface area contributed by atoms with Crippen molar-refractivity contribution in [3.63, 3.8) is 0 Å². The third-order valence-corrected chi connectivity index (χ3v) is 4.53. The van der Waals surface area contributed by atoms with Gasteiger partial charge in [-0.15, -0.1) is 0 Å². The summed E-state index contributed by atoms with van der Waals surface area (Å²) in [7, 11) is 0. The van der Waals surface area contributed by atoms with Gasteiger partial charge in [-0.05, 0) is 30.7 Å². The lowest BCUT2D eigenvalue weighted by atomic mass is 10.1. The number of benzene rings is 2. The van der Waals surface area contributed by atoms with Crippen LogP contribution >= 0.6 is 0 Å². The van der Waals surface area contributed by atoms with Crippen molar-refractivity contribution in [3.05, 3.63) is 72.8 Å². The van der Waals surface area contributed by atoms with E-state index in [2.05, 4.69) is 13.5 Å². The predicted octanol–water partition coefficient (Wildman–Crippen LogP) is 6.09. The van der Waals surface area contributed by atoms with Crippen LogP contribution in [0.25, 0.3) is 0 Å². The van der Waals surface area contributed by atoms with E-state index in [0.717, 1.165) is 25.3 Å². The Balaban J connectivity index is 2.04. The lowest BCUT2D eigenvalue weighted by Gasteiger charge is -2.20. The third-order valence-electron chi connectivity index (χ3n) is 4.53. The van der Waals surface area contributed by atoms with Gasteiger partial charge in [0, 0.05) is 12.5 Å². The topological polar surface area (TPSA) is 61.8 Å². The molecule has 0 aromatic heterocycles. The molecule has 0 aliphatic carbocycles. The fraction of sp³-hybridized carbons (Fsp3) is 0.360. The minimum absolute atomic E-state index is 0.268. The molecule has 0 bridgehead atoms. The molecular formula is C25H30O5. The van der Waals surface area contributed by atoms with Crippen LogP contribution in [0.2, 0.25) is 0 Å². The fourth-order valence-electron chi connectivity index (χ4n) is 2.94. The molecule has 5 heteroatoms. The molecule has 0 saturated heterocycles. The second-order valence-corrected chi connectivity index (χ2v) is 6.94. The van der Waals surface area contributed by atoms with Crippen molar-refractivity contribution in [2.75, 3.05) is 0 Å². The van der Waals surface area contributed by atoms with Gasteiger partial charge in [0.05, 0.1) is 0 Å². The summed E-state index contributed by atoms with van der Waals surface area (Å²) < 4.78 is 16.7. The van der Waals surface area contributed by atoms with Crippen LogP contribution in [0.3, 0.4) is 0 Å². The maximum absolute atomic E-state index is 12.6. The first kappa shape index (κ1) is 23.2. The Morgan fingerprint density at radius 2 is 1.60 bits per heavy atom. The number of para-hydroxylation sites is 2. The number of hydrogen-bond donors (Lipinski definition) is 0. The molecule has 1 atom stereocenters. The van der Waals surface area contributed by atoms with Gasteiger partial charge in [-0.3, -0.25) is 0 Å². The molecule has 2 aromatic carbocycles. The largest absolute Gasteiger partial charge is 0.454 e. The second kappa shape index (κ2) is 13.2. The van der Waals surface area contributed by atoms with Crippen LogP contribution < -0.4 is 9.47 Å². The molecule has 30 heavy (non-hydrogen) atoms. The Kier molecular flexibility index (Phi) is 10.2. The molecule has 0 radical (unpaired) electrons. The summed E-state index contributed by atoms with van der Waals surface area (Å²) in [5.74, 6) is -0.342. The van der Waals surface area contributed by atoms with Gasteiger partial charge in [0.1, 0.15) is 17.1 Å². The molecule has 2 aromatic rings. The van der Waals surface area contributed by atoms with Gasteiger partial charge in [0.2, 0.25) is 6.29 Å². The first-order chi connectivity index (χ1) is 14.6. The van der Waals surface area contributed by atoms with E-state index in [-0.39, 0.29) is 5.56 Å². The molecule has 0 N–H and O–H groups in total. The molecule has 0 heterocycles. The highest BCUT2D eigenvalue weighted by Gasteiger charge is 2.20. The minimum atomic E-state index is -0.799. The molecule has 2 rings (SSSR count). The van der Waals surface area contributed by atoms with Crippen LogP contribution in [0.1, 0.15) is 62.2 Å². The number of carbonyl (C=O) groups excluding carboxylic acids is 2. The number of hydrogen-bond acceptors (Lipinski definition) is 5. The van der Waals surface area contributed by atoms with Crippen molar-refractivity contribution in [1.82, 2.24) is 0 Å². The van der Waals surface area contributed by atoms with Crippen molar-refractivity contribution >= 4 is 11.9 Å². The van der Waals surface area contributed by atoms with Crippen LogP contribution in [0.4, 0.5) is 0 Å². The van der Waals surface area contributed by atoms with Crippen LogP contribution in [0.5, 0.6) is 11.5 Å². The van der Waals surface area contributed by atoms with Crippen LogP contribution in [0.15, 0.2) is 67.3 Å². The molecule has 0 spiro atoms. The van der Waals surface area contributed by atoms with Crippen molar-refractivity contribution in [1.29, 1.82) is 0 Å². The van der Waals surface area contributed by atoms with E-state index in [4.69, 9.17) is 14.2 Å². The molecule has 0 aliphatic heterocycles. The summed E-state index contributed by atoms with van der Waals surface area (Å²) in [6.45, 7) is 5.62. The Morgan fingerprint density at radius 3 is 2.33 bits per heavy atom. The van der Waals surface area contributed by atoms with Crippen molar-refractivity contribution in [2.24, 2.45) is 0 Å². The zero-order chi connectivity index (χ0) is 21.6. The summed E-state index contributed by atoms with van der Waals surface area (Å²) in [6.07, 6.45) is 7.48. The van der Waals surface area contributed by atoms with Crippen LogP contribution in [0, 0.1) is 0 Å². The Morgan fingerprint density at radius 1 is 0.933 bits per heavy atom. The SMILES string of the molecule is C=CC(=O)OC(CCCCCCCC)Oc1ccccc1C(=O)Oc1ccccc1. The normalized spacial score (nSPS) is 11.4. The number of carbonyl (C=O) groups is 2. The van der Waals surface area contributed by atoms with Gasteiger partial charge in [0.15, 0.2) is 0 Å².